The van der Waals surface area contributed by atoms with Gasteiger partial charge in [-0.3, -0.25) is 9.36 Å². The molecule has 0 spiro atoms. The van der Waals surface area contributed by atoms with E-state index in [1.807, 2.05) is 24.3 Å². The van der Waals surface area contributed by atoms with E-state index in [4.69, 9.17) is 9.72 Å². The van der Waals surface area contributed by atoms with Gasteiger partial charge in [0.2, 0.25) is 0 Å². The van der Waals surface area contributed by atoms with E-state index in [-0.39, 0.29) is 18.1 Å². The number of β-amino-alcohol motifs (C(OH)–C–C–N with tert-alkyl or cyclic N) is 1. The predicted molar refractivity (Wildman–Crippen MR) is 145 cm³/mol. The molecular formula is C30H30F3N3O3. The van der Waals surface area contributed by atoms with Gasteiger partial charge >= 0.3 is 6.18 Å². The SMILES string of the molecule is COc1ccccc1-c1nc2ccc(-c3cccc(C(F)(F)F)c3)cc2c(=O)n1CC1CCCN(CCO)C1. The van der Waals surface area contributed by atoms with Gasteiger partial charge in [0.15, 0.2) is 0 Å². The van der Waals surface area contributed by atoms with E-state index >= 15 is 0 Å². The van der Waals surface area contributed by atoms with Crippen molar-refractivity contribution in [1.29, 1.82) is 0 Å². The number of nitrogens with zero attached hydrogens (tertiary/aromatic N) is 3. The molecule has 1 saturated heterocycles. The highest BCUT2D eigenvalue weighted by atomic mass is 19.4. The van der Waals surface area contributed by atoms with Crippen molar-refractivity contribution < 1.29 is 23.0 Å². The van der Waals surface area contributed by atoms with Crippen LogP contribution in [-0.2, 0) is 12.7 Å². The van der Waals surface area contributed by atoms with E-state index in [9.17, 15) is 23.1 Å². The van der Waals surface area contributed by atoms with Gasteiger partial charge in [-0.25, -0.2) is 4.98 Å². The van der Waals surface area contributed by atoms with Crippen molar-refractivity contribution >= 4 is 10.9 Å². The highest BCUT2D eigenvalue weighted by Crippen LogP contribution is 2.34. The molecule has 0 radical (unpaired) electrons. The Morgan fingerprint density at radius 2 is 1.85 bits per heavy atom. The Kier molecular flexibility index (Phi) is 7.72. The fourth-order valence-corrected chi connectivity index (χ4v) is 5.38. The van der Waals surface area contributed by atoms with Gasteiger partial charge in [-0.1, -0.05) is 30.3 Å². The molecule has 204 valence electrons. The second kappa shape index (κ2) is 11.2. The Labute approximate surface area is 224 Å². The molecular weight excluding hydrogens is 507 g/mol. The van der Waals surface area contributed by atoms with Crippen LogP contribution in [0.25, 0.3) is 33.4 Å². The first-order valence-corrected chi connectivity index (χ1v) is 13.0. The third-order valence-electron chi connectivity index (χ3n) is 7.29. The van der Waals surface area contributed by atoms with Crippen LogP contribution < -0.4 is 10.3 Å². The number of alkyl halides is 3. The van der Waals surface area contributed by atoms with E-state index in [2.05, 4.69) is 4.90 Å². The summed E-state index contributed by atoms with van der Waals surface area (Å²) in [6.45, 7) is 2.74. The zero-order valence-corrected chi connectivity index (χ0v) is 21.6. The van der Waals surface area contributed by atoms with Gasteiger partial charge in [-0.15, -0.1) is 0 Å². The maximum atomic E-state index is 14.1. The minimum Gasteiger partial charge on any atom is -0.496 e. The first-order valence-electron chi connectivity index (χ1n) is 13.0. The van der Waals surface area contributed by atoms with Crippen LogP contribution in [0, 0.1) is 5.92 Å². The summed E-state index contributed by atoms with van der Waals surface area (Å²) >= 11 is 0. The number of aromatic nitrogens is 2. The van der Waals surface area contributed by atoms with Crippen molar-refractivity contribution in [1.82, 2.24) is 14.5 Å². The molecule has 1 aliphatic rings. The van der Waals surface area contributed by atoms with Crippen molar-refractivity contribution in [2.45, 2.75) is 25.6 Å². The molecule has 39 heavy (non-hydrogen) atoms. The molecule has 1 aliphatic heterocycles. The van der Waals surface area contributed by atoms with Crippen LogP contribution in [0.3, 0.4) is 0 Å². The van der Waals surface area contributed by atoms with Crippen molar-refractivity contribution in [3.05, 3.63) is 82.6 Å². The molecule has 0 aliphatic carbocycles. The lowest BCUT2D eigenvalue weighted by Crippen LogP contribution is -2.40. The number of fused-ring (bicyclic) bond motifs is 1. The average molecular weight is 538 g/mol. The molecule has 9 heteroatoms. The van der Waals surface area contributed by atoms with Gasteiger partial charge in [0.1, 0.15) is 11.6 Å². The lowest BCUT2D eigenvalue weighted by molar-refractivity contribution is -0.137. The Morgan fingerprint density at radius 3 is 2.62 bits per heavy atom. The van der Waals surface area contributed by atoms with E-state index in [1.165, 1.54) is 6.07 Å². The number of aliphatic hydroxyl groups is 1. The summed E-state index contributed by atoms with van der Waals surface area (Å²) in [5, 5.41) is 9.75. The van der Waals surface area contributed by atoms with Gasteiger partial charge in [-0.2, -0.15) is 13.2 Å². The predicted octanol–water partition coefficient (Wildman–Crippen LogP) is 5.46. The Hall–Kier alpha value is -3.69. The minimum absolute atomic E-state index is 0.0784. The lowest BCUT2D eigenvalue weighted by Gasteiger charge is -2.33. The summed E-state index contributed by atoms with van der Waals surface area (Å²) in [7, 11) is 1.57. The van der Waals surface area contributed by atoms with Crippen LogP contribution >= 0.6 is 0 Å². The van der Waals surface area contributed by atoms with Crippen LogP contribution in [0.1, 0.15) is 18.4 Å². The molecule has 1 unspecified atom stereocenters. The topological polar surface area (TPSA) is 67.6 Å². The first-order chi connectivity index (χ1) is 18.8. The largest absolute Gasteiger partial charge is 0.496 e. The molecule has 6 nitrogen and oxygen atoms in total. The standard InChI is InChI=1S/C30H30F3N3O3/c1-39-27-10-3-2-9-24(27)28-34-26-12-11-22(21-7-4-8-23(16-21)30(31,32)33)17-25(26)29(38)36(28)19-20-6-5-13-35(18-20)14-15-37/h2-4,7-12,16-17,20,37H,5-6,13-15,18-19H2,1H3. The Balaban J connectivity index is 1.64. The zero-order chi connectivity index (χ0) is 27.6. The number of aliphatic hydroxyl groups excluding tert-OH is 1. The van der Waals surface area contributed by atoms with Crippen molar-refractivity contribution in [3.63, 3.8) is 0 Å². The van der Waals surface area contributed by atoms with Crippen LogP contribution in [0.5, 0.6) is 5.75 Å². The molecule has 1 aromatic heterocycles. The third-order valence-corrected chi connectivity index (χ3v) is 7.29. The van der Waals surface area contributed by atoms with Crippen LogP contribution in [0.2, 0.25) is 0 Å². The number of benzene rings is 3. The van der Waals surface area contributed by atoms with Crippen molar-refractivity contribution in [2.24, 2.45) is 5.92 Å². The molecule has 1 N–H and O–H groups in total. The van der Waals surface area contributed by atoms with E-state index in [0.717, 1.165) is 38.1 Å². The second-order valence-electron chi connectivity index (χ2n) is 9.89. The van der Waals surface area contributed by atoms with E-state index < -0.39 is 11.7 Å². The molecule has 2 heterocycles. The molecule has 4 aromatic rings. The summed E-state index contributed by atoms with van der Waals surface area (Å²) in [5.74, 6) is 1.24. The van der Waals surface area contributed by atoms with Gasteiger partial charge < -0.3 is 14.7 Å². The smallest absolute Gasteiger partial charge is 0.416 e. The van der Waals surface area contributed by atoms with Crippen molar-refractivity contribution in [2.75, 3.05) is 33.4 Å². The number of halogens is 3. The third kappa shape index (κ3) is 5.69. The summed E-state index contributed by atoms with van der Waals surface area (Å²) in [5.41, 5.74) is 1.03. The molecule has 0 bridgehead atoms. The van der Waals surface area contributed by atoms with Gasteiger partial charge in [0.05, 0.1) is 35.7 Å². The zero-order valence-electron chi connectivity index (χ0n) is 21.6. The van der Waals surface area contributed by atoms with Crippen LogP contribution in [-0.4, -0.2) is 52.9 Å². The van der Waals surface area contributed by atoms with Crippen LogP contribution in [0.15, 0.2) is 71.5 Å². The fourth-order valence-electron chi connectivity index (χ4n) is 5.38. The van der Waals surface area contributed by atoms with Gasteiger partial charge in [0, 0.05) is 19.6 Å². The van der Waals surface area contributed by atoms with Gasteiger partial charge in [-0.05, 0) is 72.8 Å². The molecule has 3 aromatic carbocycles. The Morgan fingerprint density at radius 1 is 1.05 bits per heavy atom. The van der Waals surface area contributed by atoms with E-state index in [0.29, 0.717) is 52.3 Å². The molecule has 1 atom stereocenters. The number of hydrogen-bond donors (Lipinski definition) is 1. The Bertz CT molecular complexity index is 1530. The van der Waals surface area contributed by atoms with E-state index in [1.54, 1.807) is 35.9 Å². The second-order valence-corrected chi connectivity index (χ2v) is 9.89. The number of para-hydroxylation sites is 1. The monoisotopic (exact) mass is 537 g/mol. The highest BCUT2D eigenvalue weighted by Gasteiger charge is 2.30. The number of likely N-dealkylation sites (tertiary alicyclic amines) is 1. The lowest BCUT2D eigenvalue weighted by atomic mass is 9.97. The summed E-state index contributed by atoms with van der Waals surface area (Å²) < 4.78 is 47.2. The first kappa shape index (κ1) is 26.9. The number of ether oxygens (including phenoxy) is 1. The molecule has 1 fully saturated rings. The molecule has 0 saturated carbocycles. The number of piperidine rings is 1. The highest BCUT2D eigenvalue weighted by molar-refractivity contribution is 5.85. The number of hydrogen-bond acceptors (Lipinski definition) is 5. The summed E-state index contributed by atoms with van der Waals surface area (Å²) in [4.78, 5) is 21.1. The quantitative estimate of drug-likeness (QED) is 0.339. The maximum Gasteiger partial charge on any atom is 0.416 e. The van der Waals surface area contributed by atoms with Gasteiger partial charge in [0.25, 0.3) is 5.56 Å². The summed E-state index contributed by atoms with van der Waals surface area (Å²) in [6, 6.07) is 17.5. The minimum atomic E-state index is -4.46. The summed E-state index contributed by atoms with van der Waals surface area (Å²) in [6.07, 6.45) is -2.57. The molecule has 5 rings (SSSR count). The number of methoxy groups -OCH3 is 1. The van der Waals surface area contributed by atoms with Crippen LogP contribution in [0.4, 0.5) is 13.2 Å². The molecule has 0 amide bonds. The maximum absolute atomic E-state index is 14.1. The fraction of sp³-hybridized carbons (Fsp3) is 0.333. The normalized spacial score (nSPS) is 16.5. The average Bonchev–Trinajstić information content (AvgIpc) is 2.94. The number of rotatable bonds is 7. The van der Waals surface area contributed by atoms with Crippen molar-refractivity contribution in [3.8, 4) is 28.3 Å².